The lowest BCUT2D eigenvalue weighted by Gasteiger charge is -2.10. The molecule has 1 N–H and O–H groups in total. The van der Waals surface area contributed by atoms with Gasteiger partial charge in [0.25, 0.3) is 0 Å². The Balaban J connectivity index is 2.40. The number of benzene rings is 1. The summed E-state index contributed by atoms with van der Waals surface area (Å²) in [7, 11) is 0. The fourth-order valence-corrected chi connectivity index (χ4v) is 2.01. The molecule has 0 aliphatic carbocycles. The van der Waals surface area contributed by atoms with Crippen LogP contribution in [0.25, 0.3) is 0 Å². The summed E-state index contributed by atoms with van der Waals surface area (Å²) in [6.07, 6.45) is 0.830. The van der Waals surface area contributed by atoms with Crippen LogP contribution in [0.1, 0.15) is 17.9 Å². The third-order valence-corrected chi connectivity index (χ3v) is 2.74. The first kappa shape index (κ1) is 9.87. The Bertz CT molecular complexity index is 348. The highest BCUT2D eigenvalue weighted by molar-refractivity contribution is 6.30. The quantitative estimate of drug-likeness (QED) is 0.714. The average molecular weight is 218 g/mol. The van der Waals surface area contributed by atoms with E-state index in [1.165, 1.54) is 6.07 Å². The summed E-state index contributed by atoms with van der Waals surface area (Å²) in [6.45, 7) is 1.54. The van der Waals surface area contributed by atoms with Crippen molar-refractivity contribution in [1.82, 2.24) is 5.32 Å². The van der Waals surface area contributed by atoms with Crippen molar-refractivity contribution < 1.29 is 8.78 Å². The van der Waals surface area contributed by atoms with Gasteiger partial charge in [-0.15, -0.1) is 0 Å². The molecule has 1 saturated heterocycles. The van der Waals surface area contributed by atoms with Crippen LogP contribution >= 0.6 is 11.6 Å². The second kappa shape index (κ2) is 3.83. The van der Waals surface area contributed by atoms with E-state index in [1.54, 1.807) is 0 Å². The molecule has 1 aromatic rings. The number of nitrogens with one attached hydrogen (secondary N) is 1. The van der Waals surface area contributed by atoms with Crippen molar-refractivity contribution in [2.24, 2.45) is 0 Å². The minimum atomic E-state index is -0.862. The van der Waals surface area contributed by atoms with Gasteiger partial charge in [-0.1, -0.05) is 11.6 Å². The lowest BCUT2D eigenvalue weighted by atomic mass is 9.98. The van der Waals surface area contributed by atoms with Gasteiger partial charge in [0.05, 0.1) is 0 Å². The molecule has 0 amide bonds. The molecule has 1 unspecified atom stereocenters. The molecule has 4 heteroatoms. The van der Waals surface area contributed by atoms with Gasteiger partial charge in [0.15, 0.2) is 11.6 Å². The van der Waals surface area contributed by atoms with Crippen molar-refractivity contribution >= 4 is 11.6 Å². The fourth-order valence-electron chi connectivity index (χ4n) is 1.79. The van der Waals surface area contributed by atoms with Crippen LogP contribution in [0.2, 0.25) is 5.02 Å². The van der Waals surface area contributed by atoms with Gasteiger partial charge in [0.1, 0.15) is 0 Å². The van der Waals surface area contributed by atoms with Crippen molar-refractivity contribution in [3.8, 4) is 0 Å². The highest BCUT2D eigenvalue weighted by Gasteiger charge is 2.22. The molecule has 1 fully saturated rings. The first-order valence-corrected chi connectivity index (χ1v) is 4.91. The number of hydrogen-bond acceptors (Lipinski definition) is 1. The van der Waals surface area contributed by atoms with Gasteiger partial charge in [0, 0.05) is 17.5 Å². The molecule has 14 heavy (non-hydrogen) atoms. The molecule has 1 nitrogen and oxygen atoms in total. The Labute approximate surface area is 86.1 Å². The van der Waals surface area contributed by atoms with E-state index in [4.69, 9.17) is 11.6 Å². The average Bonchev–Trinajstić information content (AvgIpc) is 2.63. The molecule has 0 radical (unpaired) electrons. The molecule has 1 aromatic carbocycles. The maximum absolute atomic E-state index is 13.4. The van der Waals surface area contributed by atoms with Gasteiger partial charge < -0.3 is 5.32 Å². The van der Waals surface area contributed by atoms with Crippen molar-refractivity contribution in [3.05, 3.63) is 34.4 Å². The number of hydrogen-bond donors (Lipinski definition) is 1. The van der Waals surface area contributed by atoms with Gasteiger partial charge in [-0.05, 0) is 30.7 Å². The molecule has 2 rings (SSSR count). The first-order valence-electron chi connectivity index (χ1n) is 4.53. The Kier molecular flexibility index (Phi) is 2.70. The van der Waals surface area contributed by atoms with Gasteiger partial charge in [-0.3, -0.25) is 0 Å². The van der Waals surface area contributed by atoms with Gasteiger partial charge in [0.2, 0.25) is 0 Å². The summed E-state index contributed by atoms with van der Waals surface area (Å²) >= 11 is 5.67. The Hall–Kier alpha value is -0.670. The highest BCUT2D eigenvalue weighted by Crippen LogP contribution is 2.28. The number of halogens is 3. The zero-order valence-corrected chi connectivity index (χ0v) is 8.24. The molecular weight excluding hydrogens is 208 g/mol. The van der Waals surface area contributed by atoms with Gasteiger partial charge >= 0.3 is 0 Å². The van der Waals surface area contributed by atoms with E-state index in [2.05, 4.69) is 5.32 Å². The van der Waals surface area contributed by atoms with E-state index in [9.17, 15) is 8.78 Å². The van der Waals surface area contributed by atoms with Crippen LogP contribution in [0.3, 0.4) is 0 Å². The molecule has 1 atom stereocenters. The Morgan fingerprint density at radius 3 is 2.79 bits per heavy atom. The summed E-state index contributed by atoms with van der Waals surface area (Å²) in [5, 5.41) is 3.36. The van der Waals surface area contributed by atoms with Gasteiger partial charge in [-0.2, -0.15) is 0 Å². The predicted octanol–water partition coefficient (Wildman–Crippen LogP) is 2.70. The molecule has 0 bridgehead atoms. The minimum Gasteiger partial charge on any atom is -0.316 e. The molecule has 1 heterocycles. The monoisotopic (exact) mass is 217 g/mol. The van der Waals surface area contributed by atoms with Crippen molar-refractivity contribution in [2.45, 2.75) is 12.3 Å². The topological polar surface area (TPSA) is 12.0 Å². The van der Waals surface area contributed by atoms with Crippen LogP contribution in [0, 0.1) is 11.6 Å². The van der Waals surface area contributed by atoms with E-state index < -0.39 is 11.6 Å². The summed E-state index contributed by atoms with van der Waals surface area (Å²) in [4.78, 5) is 0. The van der Waals surface area contributed by atoms with E-state index >= 15 is 0 Å². The third-order valence-electron chi connectivity index (χ3n) is 2.52. The minimum absolute atomic E-state index is 0.0446. The van der Waals surface area contributed by atoms with Crippen LogP contribution in [0.4, 0.5) is 8.78 Å². The highest BCUT2D eigenvalue weighted by atomic mass is 35.5. The van der Waals surface area contributed by atoms with E-state index in [1.807, 2.05) is 0 Å². The molecule has 1 aliphatic heterocycles. The third kappa shape index (κ3) is 1.74. The largest absolute Gasteiger partial charge is 0.316 e. The molecule has 0 spiro atoms. The predicted molar refractivity (Wildman–Crippen MR) is 51.6 cm³/mol. The zero-order chi connectivity index (χ0) is 10.1. The Morgan fingerprint density at radius 1 is 1.36 bits per heavy atom. The van der Waals surface area contributed by atoms with Crippen LogP contribution in [0.15, 0.2) is 12.1 Å². The lowest BCUT2D eigenvalue weighted by Crippen LogP contribution is -2.09. The second-order valence-electron chi connectivity index (χ2n) is 3.48. The van der Waals surface area contributed by atoms with E-state index in [0.717, 1.165) is 19.0 Å². The summed E-state index contributed by atoms with van der Waals surface area (Å²) in [5.74, 6) is -1.58. The zero-order valence-electron chi connectivity index (χ0n) is 7.49. The number of rotatable bonds is 1. The fraction of sp³-hybridized carbons (Fsp3) is 0.400. The van der Waals surface area contributed by atoms with Crippen molar-refractivity contribution in [3.63, 3.8) is 0 Å². The molecule has 76 valence electrons. The van der Waals surface area contributed by atoms with Crippen LogP contribution < -0.4 is 5.32 Å². The second-order valence-corrected chi connectivity index (χ2v) is 3.92. The maximum Gasteiger partial charge on any atom is 0.162 e. The molecular formula is C10H10ClF2N. The summed E-state index contributed by atoms with van der Waals surface area (Å²) < 4.78 is 26.4. The molecule has 0 saturated carbocycles. The molecule has 0 aromatic heterocycles. The van der Waals surface area contributed by atoms with E-state index in [0.29, 0.717) is 12.1 Å². The first-order chi connectivity index (χ1) is 6.68. The van der Waals surface area contributed by atoms with Crippen LogP contribution in [-0.2, 0) is 0 Å². The van der Waals surface area contributed by atoms with Crippen molar-refractivity contribution in [2.75, 3.05) is 13.1 Å². The lowest BCUT2D eigenvalue weighted by molar-refractivity contribution is 0.490. The van der Waals surface area contributed by atoms with Crippen molar-refractivity contribution in [1.29, 1.82) is 0 Å². The van der Waals surface area contributed by atoms with Crippen LogP contribution in [-0.4, -0.2) is 13.1 Å². The SMILES string of the molecule is Fc1cc(Cl)cc(C2CCNC2)c1F. The van der Waals surface area contributed by atoms with Gasteiger partial charge in [-0.25, -0.2) is 8.78 Å². The Morgan fingerprint density at radius 2 is 2.14 bits per heavy atom. The summed E-state index contributed by atoms with van der Waals surface area (Å²) in [5.41, 5.74) is 0.389. The summed E-state index contributed by atoms with van der Waals surface area (Å²) in [6, 6.07) is 2.51. The van der Waals surface area contributed by atoms with Crippen LogP contribution in [0.5, 0.6) is 0 Å². The maximum atomic E-state index is 13.4. The molecule has 1 aliphatic rings. The standard InChI is InChI=1S/C10H10ClF2N/c11-7-3-8(6-1-2-14-5-6)10(13)9(12)4-7/h3-4,6,14H,1-2,5H2. The normalized spacial score (nSPS) is 21.5. The smallest absolute Gasteiger partial charge is 0.162 e. The van der Waals surface area contributed by atoms with E-state index in [-0.39, 0.29) is 10.9 Å².